The largest absolute Gasteiger partial charge is 0.493 e. The van der Waals surface area contributed by atoms with Gasteiger partial charge in [0.05, 0.1) is 18.1 Å². The number of H-pyrrole nitrogens is 1. The van der Waals surface area contributed by atoms with Crippen LogP contribution >= 0.6 is 15.9 Å². The van der Waals surface area contributed by atoms with Crippen LogP contribution in [0.5, 0.6) is 11.5 Å². The van der Waals surface area contributed by atoms with Crippen molar-refractivity contribution < 1.29 is 14.3 Å². The summed E-state index contributed by atoms with van der Waals surface area (Å²) in [4.78, 5) is 20.2. The van der Waals surface area contributed by atoms with Crippen molar-refractivity contribution in [1.29, 1.82) is 0 Å². The first-order valence-corrected chi connectivity index (χ1v) is 10.1. The Labute approximate surface area is 182 Å². The lowest BCUT2D eigenvalue weighted by atomic mass is 10.2. The summed E-state index contributed by atoms with van der Waals surface area (Å²) in [5, 5.41) is 2.81. The molecular formula is C23H20BrN3O3. The van der Waals surface area contributed by atoms with Gasteiger partial charge >= 0.3 is 0 Å². The van der Waals surface area contributed by atoms with Crippen molar-refractivity contribution in [3.63, 3.8) is 0 Å². The molecule has 0 aliphatic carbocycles. The molecule has 0 fully saturated rings. The number of ether oxygens (including phenoxy) is 2. The molecule has 152 valence electrons. The van der Waals surface area contributed by atoms with Crippen molar-refractivity contribution in [3.05, 3.63) is 70.7 Å². The van der Waals surface area contributed by atoms with Gasteiger partial charge in [0.25, 0.3) is 5.91 Å². The van der Waals surface area contributed by atoms with Crippen LogP contribution in [0.1, 0.15) is 5.56 Å². The molecule has 4 rings (SSSR count). The van der Waals surface area contributed by atoms with E-state index in [9.17, 15) is 4.79 Å². The molecule has 3 aromatic carbocycles. The van der Waals surface area contributed by atoms with Gasteiger partial charge in [-0.2, -0.15) is 0 Å². The first kappa shape index (κ1) is 20.0. The van der Waals surface area contributed by atoms with E-state index >= 15 is 0 Å². The number of aromatic amines is 1. The summed E-state index contributed by atoms with van der Waals surface area (Å²) in [7, 11) is 1.56. The van der Waals surface area contributed by atoms with Gasteiger partial charge in [0.15, 0.2) is 18.1 Å². The number of halogens is 1. The van der Waals surface area contributed by atoms with Gasteiger partial charge in [-0.25, -0.2) is 4.98 Å². The lowest BCUT2D eigenvalue weighted by molar-refractivity contribution is -0.118. The number of nitrogens with zero attached hydrogens (tertiary/aromatic N) is 1. The second kappa shape index (κ2) is 8.59. The van der Waals surface area contributed by atoms with Crippen molar-refractivity contribution in [3.8, 4) is 22.9 Å². The zero-order valence-electron chi connectivity index (χ0n) is 16.5. The average Bonchev–Trinajstić information content (AvgIpc) is 3.18. The van der Waals surface area contributed by atoms with Crippen LogP contribution in [0.3, 0.4) is 0 Å². The number of hydrogen-bond acceptors (Lipinski definition) is 4. The molecule has 0 spiro atoms. The van der Waals surface area contributed by atoms with Crippen LogP contribution in [-0.4, -0.2) is 29.6 Å². The number of para-hydroxylation sites is 2. The van der Waals surface area contributed by atoms with E-state index in [0.717, 1.165) is 32.3 Å². The minimum Gasteiger partial charge on any atom is -0.493 e. The van der Waals surface area contributed by atoms with E-state index in [-0.39, 0.29) is 12.5 Å². The van der Waals surface area contributed by atoms with Gasteiger partial charge in [0.1, 0.15) is 5.82 Å². The Bertz CT molecular complexity index is 1170. The summed E-state index contributed by atoms with van der Waals surface area (Å²) in [6.07, 6.45) is 0. The Hall–Kier alpha value is -3.32. The second-order valence-corrected chi connectivity index (χ2v) is 7.64. The van der Waals surface area contributed by atoms with Crippen molar-refractivity contribution in [2.75, 3.05) is 19.0 Å². The number of nitrogens with one attached hydrogen (secondary N) is 2. The maximum absolute atomic E-state index is 12.2. The van der Waals surface area contributed by atoms with Crippen LogP contribution in [0, 0.1) is 6.92 Å². The van der Waals surface area contributed by atoms with Gasteiger partial charge < -0.3 is 19.8 Å². The van der Waals surface area contributed by atoms with Crippen molar-refractivity contribution in [2.24, 2.45) is 0 Å². The number of methoxy groups -OCH3 is 1. The lowest BCUT2D eigenvalue weighted by Gasteiger charge is -2.13. The molecule has 6 nitrogen and oxygen atoms in total. The number of aryl methyl sites for hydroxylation is 1. The lowest BCUT2D eigenvalue weighted by Crippen LogP contribution is -2.20. The zero-order chi connectivity index (χ0) is 21.1. The van der Waals surface area contributed by atoms with Crippen LogP contribution in [0.2, 0.25) is 0 Å². The third-order valence-corrected chi connectivity index (χ3v) is 5.25. The Morgan fingerprint density at radius 1 is 1.10 bits per heavy atom. The molecule has 0 radical (unpaired) electrons. The maximum Gasteiger partial charge on any atom is 0.262 e. The van der Waals surface area contributed by atoms with Crippen molar-refractivity contribution >= 4 is 38.6 Å². The number of carbonyl (C=O) groups excluding carboxylic acids is 1. The number of hydrogen-bond donors (Lipinski definition) is 2. The SMILES string of the molecule is COc1cc(-c2nc3ccccc3[nH]2)c(Br)cc1OCC(=O)Nc1ccc(C)cc1. The number of carbonyl (C=O) groups is 1. The van der Waals surface area contributed by atoms with Crippen molar-refractivity contribution in [2.45, 2.75) is 6.92 Å². The predicted octanol–water partition coefficient (Wildman–Crippen LogP) is 5.33. The molecule has 0 atom stereocenters. The summed E-state index contributed by atoms with van der Waals surface area (Å²) in [5.41, 5.74) is 4.52. The minimum atomic E-state index is -0.251. The highest BCUT2D eigenvalue weighted by Gasteiger charge is 2.16. The number of amides is 1. The number of aromatic nitrogens is 2. The Morgan fingerprint density at radius 2 is 1.87 bits per heavy atom. The van der Waals surface area contributed by atoms with Gasteiger partial charge in [-0.05, 0) is 59.3 Å². The van der Waals surface area contributed by atoms with Gasteiger partial charge in [-0.1, -0.05) is 29.8 Å². The van der Waals surface area contributed by atoms with Crippen LogP contribution in [0.4, 0.5) is 5.69 Å². The average molecular weight is 466 g/mol. The maximum atomic E-state index is 12.2. The molecule has 0 saturated heterocycles. The molecule has 1 heterocycles. The topological polar surface area (TPSA) is 76.2 Å². The van der Waals surface area contributed by atoms with E-state index in [4.69, 9.17) is 9.47 Å². The summed E-state index contributed by atoms with van der Waals surface area (Å²) in [5.74, 6) is 1.43. The molecule has 0 aliphatic heterocycles. The summed E-state index contributed by atoms with van der Waals surface area (Å²) in [6, 6.07) is 19.0. The van der Waals surface area contributed by atoms with Gasteiger partial charge in [0.2, 0.25) is 0 Å². The molecule has 1 amide bonds. The number of imidazole rings is 1. The highest BCUT2D eigenvalue weighted by Crippen LogP contribution is 2.38. The van der Waals surface area contributed by atoms with Crippen LogP contribution in [0.15, 0.2) is 65.1 Å². The number of fused-ring (bicyclic) bond motifs is 1. The van der Waals surface area contributed by atoms with E-state index in [1.165, 1.54) is 0 Å². The second-order valence-electron chi connectivity index (χ2n) is 6.79. The molecule has 0 bridgehead atoms. The molecule has 4 aromatic rings. The van der Waals surface area contributed by atoms with Gasteiger partial charge in [0, 0.05) is 15.7 Å². The molecule has 30 heavy (non-hydrogen) atoms. The van der Waals surface area contributed by atoms with Gasteiger partial charge in [-0.3, -0.25) is 4.79 Å². The van der Waals surface area contributed by atoms with Gasteiger partial charge in [-0.15, -0.1) is 0 Å². The van der Waals surface area contributed by atoms with Crippen LogP contribution in [0.25, 0.3) is 22.4 Å². The third-order valence-electron chi connectivity index (χ3n) is 4.59. The predicted molar refractivity (Wildman–Crippen MR) is 121 cm³/mol. The van der Waals surface area contributed by atoms with E-state index < -0.39 is 0 Å². The van der Waals surface area contributed by atoms with E-state index in [1.54, 1.807) is 13.2 Å². The Kier molecular flexibility index (Phi) is 5.72. The molecule has 0 aliphatic rings. The number of benzene rings is 3. The third kappa shape index (κ3) is 4.31. The first-order valence-electron chi connectivity index (χ1n) is 9.35. The molecule has 7 heteroatoms. The Morgan fingerprint density at radius 3 is 2.60 bits per heavy atom. The molecular weight excluding hydrogens is 446 g/mol. The van der Waals surface area contributed by atoms with Crippen LogP contribution in [-0.2, 0) is 4.79 Å². The zero-order valence-corrected chi connectivity index (χ0v) is 18.1. The fourth-order valence-electron chi connectivity index (χ4n) is 3.05. The standard InChI is InChI=1S/C23H20BrN3O3/c1-14-7-9-15(10-8-14)25-22(28)13-30-21-12-17(24)16(11-20(21)29-2)23-26-18-5-3-4-6-19(18)27-23/h3-12H,13H2,1-2H3,(H,25,28)(H,26,27). The summed E-state index contributed by atoms with van der Waals surface area (Å²) < 4.78 is 12.0. The fraction of sp³-hybridized carbons (Fsp3) is 0.130. The molecule has 1 aromatic heterocycles. The minimum absolute atomic E-state index is 0.138. The quantitative estimate of drug-likeness (QED) is 0.403. The molecule has 0 unspecified atom stereocenters. The monoisotopic (exact) mass is 465 g/mol. The number of anilines is 1. The summed E-state index contributed by atoms with van der Waals surface area (Å²) >= 11 is 3.58. The number of rotatable bonds is 6. The van der Waals surface area contributed by atoms with Crippen molar-refractivity contribution in [1.82, 2.24) is 9.97 Å². The smallest absolute Gasteiger partial charge is 0.262 e. The molecule has 0 saturated carbocycles. The molecule has 2 N–H and O–H groups in total. The normalized spacial score (nSPS) is 10.8. The first-order chi connectivity index (χ1) is 14.5. The Balaban J connectivity index is 1.51. The highest BCUT2D eigenvalue weighted by molar-refractivity contribution is 9.10. The van der Waals surface area contributed by atoms with E-state index in [1.807, 2.05) is 61.5 Å². The summed E-state index contributed by atoms with van der Waals surface area (Å²) in [6.45, 7) is 1.86. The fourth-order valence-corrected chi connectivity index (χ4v) is 3.56. The van der Waals surface area contributed by atoms with Crippen LogP contribution < -0.4 is 14.8 Å². The highest BCUT2D eigenvalue weighted by atomic mass is 79.9. The van der Waals surface area contributed by atoms with E-state index in [2.05, 4.69) is 31.2 Å². The van der Waals surface area contributed by atoms with E-state index in [0.29, 0.717) is 17.3 Å².